The smallest absolute Gasteiger partial charge is 0.181 e. The van der Waals surface area contributed by atoms with Gasteiger partial charge in [-0.3, -0.25) is 0 Å². The molecular weight excluding hydrogens is 295 g/mol. The van der Waals surface area contributed by atoms with Gasteiger partial charge in [0, 0.05) is 12.0 Å². The van der Waals surface area contributed by atoms with Gasteiger partial charge in [0.1, 0.15) is 5.39 Å². The molecule has 0 fully saturated rings. The first-order valence-corrected chi connectivity index (χ1v) is 7.44. The lowest BCUT2D eigenvalue weighted by molar-refractivity contribution is 0.391. The molecule has 0 unspecified atom stereocenters. The second kappa shape index (κ2) is 5.91. The Hall–Kier alpha value is -2.56. The molecule has 0 aliphatic rings. The molecule has 1 heterocycles. The molecule has 1 N–H and O–H groups in total. The van der Waals surface area contributed by atoms with E-state index in [-0.39, 0.29) is 11.2 Å². The first-order chi connectivity index (χ1) is 11.0. The molecule has 23 heavy (non-hydrogen) atoms. The van der Waals surface area contributed by atoms with E-state index in [9.17, 15) is 4.39 Å². The molecule has 3 rings (SSSR count). The van der Waals surface area contributed by atoms with Gasteiger partial charge in [0.15, 0.2) is 23.0 Å². The minimum absolute atomic E-state index is 0.118. The Labute approximate surface area is 134 Å². The largest absolute Gasteiger partial charge is 0.493 e. The van der Waals surface area contributed by atoms with Crippen LogP contribution in [-0.4, -0.2) is 18.8 Å². The van der Waals surface area contributed by atoms with Gasteiger partial charge in [-0.1, -0.05) is 49.3 Å². The highest BCUT2D eigenvalue weighted by atomic mass is 19.1. The van der Waals surface area contributed by atoms with Crippen molar-refractivity contribution in [2.75, 3.05) is 19.0 Å². The molecule has 4 nitrogen and oxygen atoms in total. The molecule has 0 aliphatic heterocycles. The lowest BCUT2D eigenvalue weighted by atomic mass is 9.84. The molecule has 0 radical (unpaired) electrons. The molecule has 0 atom stereocenters. The molecule has 1 aromatic heterocycles. The topological polar surface area (TPSA) is 47.3 Å². The van der Waals surface area contributed by atoms with E-state index in [2.05, 4.69) is 36.5 Å². The summed E-state index contributed by atoms with van der Waals surface area (Å²) in [6, 6.07) is 13.1. The van der Waals surface area contributed by atoms with Crippen molar-refractivity contribution in [3.05, 3.63) is 53.8 Å². The van der Waals surface area contributed by atoms with Crippen molar-refractivity contribution in [1.82, 2.24) is 5.16 Å². The van der Waals surface area contributed by atoms with Gasteiger partial charge >= 0.3 is 0 Å². The summed E-state index contributed by atoms with van der Waals surface area (Å²) >= 11 is 0. The predicted molar refractivity (Wildman–Crippen MR) is 88.5 cm³/mol. The summed E-state index contributed by atoms with van der Waals surface area (Å²) in [6.07, 6.45) is 0. The van der Waals surface area contributed by atoms with Crippen molar-refractivity contribution in [3.63, 3.8) is 0 Å². The van der Waals surface area contributed by atoms with Gasteiger partial charge in [0.2, 0.25) is 0 Å². The maximum Gasteiger partial charge on any atom is 0.181 e. The number of rotatable bonds is 5. The van der Waals surface area contributed by atoms with Crippen molar-refractivity contribution in [3.8, 4) is 5.75 Å². The Kier molecular flexibility index (Phi) is 3.94. The minimum Gasteiger partial charge on any atom is -0.493 e. The van der Waals surface area contributed by atoms with Crippen LogP contribution in [0.1, 0.15) is 19.4 Å². The SMILES string of the molecule is COc1c(F)ccc2onc(NCC(C)(C)c3ccccc3)c12. The standard InChI is InChI=1S/C18H19FN2O2/c1-18(2,12-7-5-4-6-8-12)11-20-17-15-14(23-21-17)10-9-13(19)16(15)22-3/h4-10H,11H2,1-3H3,(H,20,21). The van der Waals surface area contributed by atoms with Crippen molar-refractivity contribution >= 4 is 16.8 Å². The molecule has 3 aromatic rings. The maximum absolute atomic E-state index is 13.9. The molecule has 0 saturated carbocycles. The molecule has 0 spiro atoms. The second-order valence-corrected chi connectivity index (χ2v) is 6.09. The minimum atomic E-state index is -0.437. The summed E-state index contributed by atoms with van der Waals surface area (Å²) in [5, 5.41) is 7.79. The van der Waals surface area contributed by atoms with E-state index in [1.54, 1.807) is 6.07 Å². The lowest BCUT2D eigenvalue weighted by Crippen LogP contribution is -2.27. The highest BCUT2D eigenvalue weighted by Crippen LogP contribution is 2.35. The molecule has 0 bridgehead atoms. The fourth-order valence-corrected chi connectivity index (χ4v) is 2.60. The number of hydrogen-bond acceptors (Lipinski definition) is 4. The number of methoxy groups -OCH3 is 1. The van der Waals surface area contributed by atoms with Crippen molar-refractivity contribution in [2.24, 2.45) is 0 Å². The van der Waals surface area contributed by atoms with Gasteiger partial charge in [-0.15, -0.1) is 0 Å². The third-order valence-electron chi connectivity index (χ3n) is 4.00. The lowest BCUT2D eigenvalue weighted by Gasteiger charge is -2.25. The number of ether oxygens (including phenoxy) is 1. The van der Waals surface area contributed by atoms with Crippen LogP contribution in [0.2, 0.25) is 0 Å². The zero-order chi connectivity index (χ0) is 16.4. The molecule has 0 aliphatic carbocycles. The van der Waals surface area contributed by atoms with Crippen LogP contribution in [0.25, 0.3) is 11.0 Å². The van der Waals surface area contributed by atoms with Crippen molar-refractivity contribution in [1.29, 1.82) is 0 Å². The van der Waals surface area contributed by atoms with Crippen LogP contribution in [0.5, 0.6) is 5.75 Å². The molecule has 0 amide bonds. The van der Waals surface area contributed by atoms with Crippen LogP contribution in [0.15, 0.2) is 47.0 Å². The van der Waals surface area contributed by atoms with E-state index in [0.717, 1.165) is 0 Å². The fourth-order valence-electron chi connectivity index (χ4n) is 2.60. The van der Waals surface area contributed by atoms with Gasteiger partial charge in [-0.25, -0.2) is 4.39 Å². The molecule has 5 heteroatoms. The number of halogens is 1. The van der Waals surface area contributed by atoms with Crippen LogP contribution in [0.4, 0.5) is 10.2 Å². The number of anilines is 1. The summed E-state index contributed by atoms with van der Waals surface area (Å²) in [6.45, 7) is 4.89. The molecule has 2 aromatic carbocycles. The molecular formula is C18H19FN2O2. The third-order valence-corrected chi connectivity index (χ3v) is 4.00. The average Bonchev–Trinajstić information content (AvgIpc) is 2.97. The Morgan fingerprint density at radius 3 is 2.61 bits per heavy atom. The Morgan fingerprint density at radius 2 is 1.91 bits per heavy atom. The zero-order valence-corrected chi connectivity index (χ0v) is 13.4. The first-order valence-electron chi connectivity index (χ1n) is 7.44. The van der Waals surface area contributed by atoms with E-state index in [4.69, 9.17) is 9.26 Å². The third kappa shape index (κ3) is 2.86. The maximum atomic E-state index is 13.9. The Morgan fingerprint density at radius 1 is 1.17 bits per heavy atom. The summed E-state index contributed by atoms with van der Waals surface area (Å²) < 4.78 is 24.3. The van der Waals surface area contributed by atoms with Crippen LogP contribution >= 0.6 is 0 Å². The highest BCUT2D eigenvalue weighted by Gasteiger charge is 2.23. The molecule has 0 saturated heterocycles. The van der Waals surface area contributed by atoms with Crippen LogP contribution in [0.3, 0.4) is 0 Å². The average molecular weight is 314 g/mol. The summed E-state index contributed by atoms with van der Waals surface area (Å²) in [7, 11) is 1.43. The van der Waals surface area contributed by atoms with Gasteiger partial charge in [-0.2, -0.15) is 0 Å². The van der Waals surface area contributed by atoms with Crippen LogP contribution in [0, 0.1) is 5.82 Å². The fraction of sp³-hybridized carbons (Fsp3) is 0.278. The van der Waals surface area contributed by atoms with E-state index < -0.39 is 5.82 Å². The number of benzene rings is 2. The first kappa shape index (κ1) is 15.3. The summed E-state index contributed by atoms with van der Waals surface area (Å²) in [4.78, 5) is 0. The number of nitrogens with one attached hydrogen (secondary N) is 1. The number of nitrogens with zero attached hydrogens (tertiary/aromatic N) is 1. The van der Waals surface area contributed by atoms with E-state index in [1.807, 2.05) is 18.2 Å². The van der Waals surface area contributed by atoms with Crippen molar-refractivity contribution < 1.29 is 13.7 Å². The van der Waals surface area contributed by atoms with E-state index in [1.165, 1.54) is 18.7 Å². The van der Waals surface area contributed by atoms with Gasteiger partial charge in [0.25, 0.3) is 0 Å². The normalized spacial score (nSPS) is 11.7. The van der Waals surface area contributed by atoms with Crippen LogP contribution < -0.4 is 10.1 Å². The van der Waals surface area contributed by atoms with Crippen molar-refractivity contribution in [2.45, 2.75) is 19.3 Å². The Bertz CT molecular complexity index is 813. The monoisotopic (exact) mass is 314 g/mol. The highest BCUT2D eigenvalue weighted by molar-refractivity contribution is 5.94. The quantitative estimate of drug-likeness (QED) is 0.760. The molecule has 120 valence electrons. The number of aromatic nitrogens is 1. The van der Waals surface area contributed by atoms with E-state index in [0.29, 0.717) is 23.3 Å². The van der Waals surface area contributed by atoms with Gasteiger partial charge < -0.3 is 14.6 Å². The summed E-state index contributed by atoms with van der Waals surface area (Å²) in [5.74, 6) is 0.192. The number of hydrogen-bond donors (Lipinski definition) is 1. The second-order valence-electron chi connectivity index (χ2n) is 6.09. The zero-order valence-electron chi connectivity index (χ0n) is 13.4. The summed E-state index contributed by atoms with van der Waals surface area (Å²) in [5.41, 5.74) is 1.58. The van der Waals surface area contributed by atoms with Gasteiger partial charge in [-0.05, 0) is 17.7 Å². The number of fused-ring (bicyclic) bond motifs is 1. The Balaban J connectivity index is 1.89. The van der Waals surface area contributed by atoms with E-state index >= 15 is 0 Å². The van der Waals surface area contributed by atoms with Gasteiger partial charge in [0.05, 0.1) is 7.11 Å². The predicted octanol–water partition coefficient (Wildman–Crippen LogP) is 4.37. The van der Waals surface area contributed by atoms with Crippen LogP contribution in [-0.2, 0) is 5.41 Å².